The molecule has 0 aliphatic carbocycles. The van der Waals surface area contributed by atoms with Gasteiger partial charge in [-0.3, -0.25) is 4.98 Å². The summed E-state index contributed by atoms with van der Waals surface area (Å²) in [6.45, 7) is 2.05. The normalized spacial score (nSPS) is 13.0. The number of rotatable bonds is 2. The summed E-state index contributed by atoms with van der Waals surface area (Å²) >= 11 is 3.31. The van der Waals surface area contributed by atoms with Crippen LogP contribution in [-0.2, 0) is 0 Å². The topological polar surface area (TPSA) is 38.9 Å². The van der Waals surface area contributed by atoms with Gasteiger partial charge in [0.2, 0.25) is 0 Å². The third kappa shape index (κ3) is 2.27. The third-order valence-corrected chi connectivity index (χ3v) is 2.04. The van der Waals surface area contributed by atoms with E-state index in [2.05, 4.69) is 20.9 Å². The van der Waals surface area contributed by atoms with Crippen molar-refractivity contribution >= 4 is 15.9 Å². The van der Waals surface area contributed by atoms with Gasteiger partial charge in [-0.1, -0.05) is 6.92 Å². The van der Waals surface area contributed by atoms with Gasteiger partial charge < -0.3 is 5.73 Å². The number of nitrogens with zero attached hydrogens (tertiary/aromatic N) is 1. The van der Waals surface area contributed by atoms with Crippen LogP contribution < -0.4 is 5.73 Å². The van der Waals surface area contributed by atoms with Gasteiger partial charge >= 0.3 is 0 Å². The molecule has 0 aliphatic rings. The molecule has 0 radical (unpaired) electrons. The van der Waals surface area contributed by atoms with Crippen molar-refractivity contribution in [3.8, 4) is 0 Å². The standard InChI is InChI=1S/C8H11BrN2/c1-2-7(10)8-4-3-6(9)5-11-8/h3-5,7H,2,10H2,1H3/t7-/m0/s1. The van der Waals surface area contributed by atoms with Crippen LogP contribution in [0.4, 0.5) is 0 Å². The summed E-state index contributed by atoms with van der Waals surface area (Å²) in [5.41, 5.74) is 6.72. The van der Waals surface area contributed by atoms with Gasteiger partial charge in [-0.15, -0.1) is 0 Å². The first-order valence-corrected chi connectivity index (χ1v) is 4.40. The van der Waals surface area contributed by atoms with Gasteiger partial charge in [0.25, 0.3) is 0 Å². The molecule has 0 aliphatic heterocycles. The van der Waals surface area contributed by atoms with Crippen molar-refractivity contribution in [1.82, 2.24) is 4.98 Å². The van der Waals surface area contributed by atoms with Crippen LogP contribution in [0.5, 0.6) is 0 Å². The van der Waals surface area contributed by atoms with Crippen molar-refractivity contribution in [2.45, 2.75) is 19.4 Å². The molecular weight excluding hydrogens is 204 g/mol. The molecule has 60 valence electrons. The van der Waals surface area contributed by atoms with E-state index in [0.717, 1.165) is 16.6 Å². The summed E-state index contributed by atoms with van der Waals surface area (Å²) in [5.74, 6) is 0. The molecule has 1 aromatic rings. The maximum atomic E-state index is 5.77. The van der Waals surface area contributed by atoms with Crippen molar-refractivity contribution in [2.24, 2.45) is 5.73 Å². The highest BCUT2D eigenvalue weighted by Gasteiger charge is 2.02. The van der Waals surface area contributed by atoms with Gasteiger partial charge in [-0.25, -0.2) is 0 Å². The van der Waals surface area contributed by atoms with E-state index in [1.165, 1.54) is 0 Å². The minimum atomic E-state index is 0.0723. The van der Waals surface area contributed by atoms with Crippen molar-refractivity contribution in [3.05, 3.63) is 28.5 Å². The minimum absolute atomic E-state index is 0.0723. The van der Waals surface area contributed by atoms with Crippen LogP contribution in [0.2, 0.25) is 0 Å². The lowest BCUT2D eigenvalue weighted by Crippen LogP contribution is -2.09. The highest BCUT2D eigenvalue weighted by Crippen LogP contribution is 2.13. The molecule has 0 spiro atoms. The molecule has 0 aromatic carbocycles. The lowest BCUT2D eigenvalue weighted by molar-refractivity contribution is 0.675. The highest BCUT2D eigenvalue weighted by molar-refractivity contribution is 9.10. The van der Waals surface area contributed by atoms with Crippen LogP contribution in [0.1, 0.15) is 25.1 Å². The molecule has 0 amide bonds. The Hall–Kier alpha value is -0.410. The quantitative estimate of drug-likeness (QED) is 0.821. The number of hydrogen-bond donors (Lipinski definition) is 1. The first kappa shape index (κ1) is 8.68. The predicted octanol–water partition coefficient (Wildman–Crippen LogP) is 2.25. The summed E-state index contributed by atoms with van der Waals surface area (Å²) in [6.07, 6.45) is 2.69. The van der Waals surface area contributed by atoms with E-state index in [-0.39, 0.29) is 6.04 Å². The Balaban J connectivity index is 2.81. The largest absolute Gasteiger partial charge is 0.323 e. The molecule has 1 atom stereocenters. The second kappa shape index (κ2) is 3.83. The molecule has 1 heterocycles. The molecule has 0 saturated carbocycles. The van der Waals surface area contributed by atoms with Crippen LogP contribution in [0.25, 0.3) is 0 Å². The van der Waals surface area contributed by atoms with Crippen molar-refractivity contribution in [3.63, 3.8) is 0 Å². The van der Waals surface area contributed by atoms with Gasteiger partial charge in [-0.05, 0) is 34.5 Å². The Morgan fingerprint density at radius 3 is 2.82 bits per heavy atom. The lowest BCUT2D eigenvalue weighted by atomic mass is 10.1. The highest BCUT2D eigenvalue weighted by atomic mass is 79.9. The van der Waals surface area contributed by atoms with E-state index in [4.69, 9.17) is 5.73 Å². The van der Waals surface area contributed by atoms with Crippen LogP contribution >= 0.6 is 15.9 Å². The molecule has 2 nitrogen and oxygen atoms in total. The second-order valence-electron chi connectivity index (χ2n) is 2.42. The summed E-state index contributed by atoms with van der Waals surface area (Å²) < 4.78 is 0.990. The van der Waals surface area contributed by atoms with Crippen LogP contribution in [0, 0.1) is 0 Å². The fraction of sp³-hybridized carbons (Fsp3) is 0.375. The van der Waals surface area contributed by atoms with Crippen LogP contribution in [0.15, 0.2) is 22.8 Å². The average molecular weight is 215 g/mol. The van der Waals surface area contributed by atoms with Crippen molar-refractivity contribution in [1.29, 1.82) is 0 Å². The Bertz CT molecular complexity index is 220. The fourth-order valence-corrected chi connectivity index (χ4v) is 1.05. The van der Waals surface area contributed by atoms with Gasteiger partial charge in [0, 0.05) is 16.7 Å². The molecule has 1 aromatic heterocycles. The van der Waals surface area contributed by atoms with E-state index in [1.807, 2.05) is 19.1 Å². The molecule has 2 N–H and O–H groups in total. The second-order valence-corrected chi connectivity index (χ2v) is 3.33. The number of halogens is 1. The molecule has 3 heteroatoms. The Kier molecular flexibility index (Phi) is 3.02. The maximum absolute atomic E-state index is 5.77. The third-order valence-electron chi connectivity index (χ3n) is 1.57. The van der Waals surface area contributed by atoms with Gasteiger partial charge in [0.1, 0.15) is 0 Å². The Morgan fingerprint density at radius 1 is 1.64 bits per heavy atom. The SMILES string of the molecule is CC[C@H](N)c1ccc(Br)cn1. The summed E-state index contributed by atoms with van der Waals surface area (Å²) in [7, 11) is 0. The molecule has 11 heavy (non-hydrogen) atoms. The van der Waals surface area contributed by atoms with E-state index in [9.17, 15) is 0 Å². The smallest absolute Gasteiger partial charge is 0.0571 e. The zero-order valence-corrected chi connectivity index (χ0v) is 8.01. The number of nitrogens with two attached hydrogens (primary N) is 1. The first-order valence-electron chi connectivity index (χ1n) is 3.61. The Morgan fingerprint density at radius 2 is 2.36 bits per heavy atom. The average Bonchev–Trinajstić information content (AvgIpc) is 2.05. The molecule has 0 bridgehead atoms. The zero-order chi connectivity index (χ0) is 8.27. The van der Waals surface area contributed by atoms with E-state index in [0.29, 0.717) is 0 Å². The summed E-state index contributed by atoms with van der Waals surface area (Å²) in [6, 6.07) is 3.97. The van der Waals surface area contributed by atoms with Crippen LogP contribution in [-0.4, -0.2) is 4.98 Å². The summed E-state index contributed by atoms with van der Waals surface area (Å²) in [4.78, 5) is 4.18. The number of pyridine rings is 1. The predicted molar refractivity (Wildman–Crippen MR) is 49.2 cm³/mol. The molecule has 0 unspecified atom stereocenters. The lowest BCUT2D eigenvalue weighted by Gasteiger charge is -2.06. The molecular formula is C8H11BrN2. The minimum Gasteiger partial charge on any atom is -0.323 e. The van der Waals surface area contributed by atoms with E-state index in [1.54, 1.807) is 6.20 Å². The number of hydrogen-bond acceptors (Lipinski definition) is 2. The van der Waals surface area contributed by atoms with Crippen molar-refractivity contribution in [2.75, 3.05) is 0 Å². The van der Waals surface area contributed by atoms with Gasteiger partial charge in [0.05, 0.1) is 5.69 Å². The number of aromatic nitrogens is 1. The van der Waals surface area contributed by atoms with Crippen LogP contribution in [0.3, 0.4) is 0 Å². The van der Waals surface area contributed by atoms with Gasteiger partial charge in [0.15, 0.2) is 0 Å². The molecule has 0 fully saturated rings. The van der Waals surface area contributed by atoms with Crippen molar-refractivity contribution < 1.29 is 0 Å². The molecule has 0 saturated heterocycles. The summed E-state index contributed by atoms with van der Waals surface area (Å²) in [5, 5.41) is 0. The monoisotopic (exact) mass is 214 g/mol. The van der Waals surface area contributed by atoms with E-state index < -0.39 is 0 Å². The molecule has 1 rings (SSSR count). The first-order chi connectivity index (χ1) is 5.24. The van der Waals surface area contributed by atoms with Gasteiger partial charge in [-0.2, -0.15) is 0 Å². The maximum Gasteiger partial charge on any atom is 0.0571 e. The fourth-order valence-electron chi connectivity index (χ4n) is 0.816. The Labute approximate surface area is 75.0 Å². The zero-order valence-electron chi connectivity index (χ0n) is 6.42. The van der Waals surface area contributed by atoms with E-state index >= 15 is 0 Å².